The molecular weight excluding hydrogens is 265 g/mol. The summed E-state index contributed by atoms with van der Waals surface area (Å²) in [5.41, 5.74) is -0.963. The van der Waals surface area contributed by atoms with Crippen LogP contribution in [0, 0.1) is 0 Å². The first kappa shape index (κ1) is 13.7. The Labute approximate surface area is 107 Å². The van der Waals surface area contributed by atoms with Gasteiger partial charge in [-0.25, -0.2) is 4.68 Å². The second kappa shape index (κ2) is 5.10. The summed E-state index contributed by atoms with van der Waals surface area (Å²) in [7, 11) is 0. The van der Waals surface area contributed by atoms with Gasteiger partial charge in [-0.05, 0) is 19.8 Å². The Balaban J connectivity index is 2.34. The number of aromatic nitrogens is 2. The van der Waals surface area contributed by atoms with Crippen LogP contribution in [-0.2, 0) is 28.7 Å². The molecule has 0 aromatic carbocycles. The molecule has 5 nitrogen and oxygen atoms in total. The van der Waals surface area contributed by atoms with E-state index in [1.165, 1.54) is 0 Å². The lowest BCUT2D eigenvalue weighted by Crippen LogP contribution is -2.17. The summed E-state index contributed by atoms with van der Waals surface area (Å²) in [5, 5.41) is 3.45. The first-order chi connectivity index (χ1) is 8.93. The second-order valence-electron chi connectivity index (χ2n) is 4.04. The minimum atomic E-state index is -4.55. The molecule has 0 saturated heterocycles. The largest absolute Gasteiger partial charge is 0.478 e. The van der Waals surface area contributed by atoms with Gasteiger partial charge in [0.25, 0.3) is 0 Å². The first-order valence-corrected chi connectivity index (χ1v) is 5.88. The Bertz CT molecular complexity index is 482. The molecule has 0 spiro atoms. The average molecular weight is 278 g/mol. The maximum absolute atomic E-state index is 12.8. The lowest BCUT2D eigenvalue weighted by Gasteiger charge is -2.15. The molecule has 19 heavy (non-hydrogen) atoms. The molecule has 0 N–H and O–H groups in total. The van der Waals surface area contributed by atoms with Crippen molar-refractivity contribution in [3.8, 4) is 5.88 Å². The molecule has 0 amide bonds. The molecule has 1 aromatic heterocycles. The van der Waals surface area contributed by atoms with E-state index in [1.54, 1.807) is 6.92 Å². The van der Waals surface area contributed by atoms with Gasteiger partial charge in [-0.15, -0.1) is 0 Å². The van der Waals surface area contributed by atoms with E-state index in [1.807, 2.05) is 0 Å². The molecule has 8 heteroatoms. The van der Waals surface area contributed by atoms with Crippen LogP contribution in [0.4, 0.5) is 13.2 Å². The maximum atomic E-state index is 12.8. The van der Waals surface area contributed by atoms with Crippen LogP contribution in [0.3, 0.4) is 0 Å². The van der Waals surface area contributed by atoms with Crippen molar-refractivity contribution in [2.75, 3.05) is 13.2 Å². The quantitative estimate of drug-likeness (QED) is 0.791. The highest BCUT2D eigenvalue weighted by molar-refractivity contribution is 5.69. The highest BCUT2D eigenvalue weighted by Crippen LogP contribution is 2.37. The number of rotatable bonds is 3. The fourth-order valence-electron chi connectivity index (χ4n) is 1.95. The predicted molar refractivity (Wildman–Crippen MR) is 57.7 cm³/mol. The Morgan fingerprint density at radius 3 is 2.89 bits per heavy atom. The van der Waals surface area contributed by atoms with Crippen molar-refractivity contribution in [3.05, 3.63) is 11.3 Å². The van der Waals surface area contributed by atoms with Crippen LogP contribution in [0.1, 0.15) is 24.6 Å². The van der Waals surface area contributed by atoms with E-state index in [2.05, 4.69) is 5.10 Å². The highest BCUT2D eigenvalue weighted by Gasteiger charge is 2.40. The monoisotopic (exact) mass is 278 g/mol. The van der Waals surface area contributed by atoms with E-state index in [4.69, 9.17) is 9.47 Å². The van der Waals surface area contributed by atoms with Gasteiger partial charge < -0.3 is 9.47 Å². The van der Waals surface area contributed by atoms with E-state index < -0.39 is 17.8 Å². The molecule has 106 valence electrons. The molecule has 0 fully saturated rings. The van der Waals surface area contributed by atoms with Crippen LogP contribution in [0.5, 0.6) is 5.88 Å². The summed E-state index contributed by atoms with van der Waals surface area (Å²) in [6.07, 6.45) is -3.81. The number of ether oxygens (including phenoxy) is 2. The van der Waals surface area contributed by atoms with Gasteiger partial charge in [0.05, 0.1) is 13.2 Å². The molecular formula is C11H13F3N2O3. The van der Waals surface area contributed by atoms with Crippen molar-refractivity contribution in [2.24, 2.45) is 0 Å². The summed E-state index contributed by atoms with van der Waals surface area (Å²) < 4.78 is 49.3. The number of hydrogen-bond acceptors (Lipinski definition) is 4. The molecule has 2 heterocycles. The van der Waals surface area contributed by atoms with Gasteiger partial charge in [-0.2, -0.15) is 18.3 Å². The third kappa shape index (κ3) is 2.82. The normalized spacial score (nSPS) is 14.7. The number of alkyl halides is 3. The van der Waals surface area contributed by atoms with Gasteiger partial charge in [0.1, 0.15) is 6.54 Å². The second-order valence-corrected chi connectivity index (χ2v) is 4.04. The fourth-order valence-corrected chi connectivity index (χ4v) is 1.95. The molecule has 1 aliphatic rings. The van der Waals surface area contributed by atoms with E-state index in [0.717, 1.165) is 4.68 Å². The molecule has 0 saturated carbocycles. The topological polar surface area (TPSA) is 53.4 Å². The fraction of sp³-hybridized carbons (Fsp3) is 0.636. The summed E-state index contributed by atoms with van der Waals surface area (Å²) in [6.45, 7) is 1.72. The molecule has 0 bridgehead atoms. The Hall–Kier alpha value is -1.73. The molecule has 1 aliphatic heterocycles. The van der Waals surface area contributed by atoms with E-state index in [-0.39, 0.29) is 31.0 Å². The predicted octanol–water partition coefficient (Wildman–Crippen LogP) is 1.79. The van der Waals surface area contributed by atoms with E-state index in [9.17, 15) is 18.0 Å². The van der Waals surface area contributed by atoms with Gasteiger partial charge in [0.2, 0.25) is 5.88 Å². The standard InChI is InChI=1S/C11H13F3N2O3/c1-2-18-8(17)6-16-10-7(4-3-5-19-10)9(15-16)11(12,13)14/h2-6H2,1H3. The minimum Gasteiger partial charge on any atom is -0.478 e. The molecule has 0 radical (unpaired) electrons. The smallest absolute Gasteiger partial charge is 0.435 e. The summed E-state index contributed by atoms with van der Waals surface area (Å²) >= 11 is 0. The third-order valence-electron chi connectivity index (χ3n) is 2.66. The van der Waals surface area contributed by atoms with Crippen LogP contribution in [-0.4, -0.2) is 29.0 Å². The molecule has 0 unspecified atom stereocenters. The highest BCUT2D eigenvalue weighted by atomic mass is 19.4. The van der Waals surface area contributed by atoms with Crippen molar-refractivity contribution in [1.82, 2.24) is 9.78 Å². The summed E-state index contributed by atoms with van der Waals surface area (Å²) in [6, 6.07) is 0. The molecule has 1 aromatic rings. The van der Waals surface area contributed by atoms with Crippen molar-refractivity contribution < 1.29 is 27.4 Å². The molecule has 0 aliphatic carbocycles. The van der Waals surface area contributed by atoms with E-state index in [0.29, 0.717) is 13.0 Å². The average Bonchev–Trinajstić information content (AvgIpc) is 2.69. The minimum absolute atomic E-state index is 0.0167. The van der Waals surface area contributed by atoms with Gasteiger partial charge in [-0.1, -0.05) is 0 Å². The van der Waals surface area contributed by atoms with Crippen molar-refractivity contribution in [3.63, 3.8) is 0 Å². The summed E-state index contributed by atoms with van der Waals surface area (Å²) in [4.78, 5) is 11.3. The van der Waals surface area contributed by atoms with Crippen molar-refractivity contribution in [1.29, 1.82) is 0 Å². The number of carbonyl (C=O) groups is 1. The van der Waals surface area contributed by atoms with Crippen molar-refractivity contribution >= 4 is 5.97 Å². The molecule has 0 atom stereocenters. The zero-order valence-electron chi connectivity index (χ0n) is 10.3. The van der Waals surface area contributed by atoms with Crippen molar-refractivity contribution in [2.45, 2.75) is 32.5 Å². The zero-order valence-corrected chi connectivity index (χ0v) is 10.3. The van der Waals surface area contributed by atoms with E-state index >= 15 is 0 Å². The Kier molecular flexibility index (Phi) is 3.68. The van der Waals surface area contributed by atoms with Crippen LogP contribution in [0.2, 0.25) is 0 Å². The Morgan fingerprint density at radius 1 is 1.53 bits per heavy atom. The van der Waals surface area contributed by atoms with Crippen LogP contribution < -0.4 is 4.74 Å². The first-order valence-electron chi connectivity index (χ1n) is 5.88. The number of esters is 1. The van der Waals surface area contributed by atoms with Crippen LogP contribution >= 0.6 is 0 Å². The number of fused-ring (bicyclic) bond motifs is 1. The SMILES string of the molecule is CCOC(=O)Cn1nc(C(F)(F)F)c2c1OCCC2. The van der Waals surface area contributed by atoms with Gasteiger partial charge >= 0.3 is 12.1 Å². The van der Waals surface area contributed by atoms with Gasteiger partial charge in [0, 0.05) is 5.56 Å². The molecule has 2 rings (SSSR count). The van der Waals surface area contributed by atoms with Gasteiger partial charge in [-0.3, -0.25) is 4.79 Å². The number of halogens is 3. The lowest BCUT2D eigenvalue weighted by atomic mass is 10.1. The van der Waals surface area contributed by atoms with Crippen LogP contribution in [0.15, 0.2) is 0 Å². The number of nitrogens with zero attached hydrogens (tertiary/aromatic N) is 2. The van der Waals surface area contributed by atoms with Gasteiger partial charge in [0.15, 0.2) is 5.69 Å². The van der Waals surface area contributed by atoms with Crippen LogP contribution in [0.25, 0.3) is 0 Å². The number of hydrogen-bond donors (Lipinski definition) is 0. The summed E-state index contributed by atoms with van der Waals surface area (Å²) in [5.74, 6) is -0.623. The lowest BCUT2D eigenvalue weighted by molar-refractivity contribution is -0.146. The Morgan fingerprint density at radius 2 is 2.26 bits per heavy atom. The third-order valence-corrected chi connectivity index (χ3v) is 2.66. The number of carbonyl (C=O) groups excluding carboxylic acids is 1. The maximum Gasteiger partial charge on any atom is 0.435 e. The zero-order chi connectivity index (χ0) is 14.0.